The van der Waals surface area contributed by atoms with Crippen molar-refractivity contribution in [1.82, 2.24) is 14.8 Å². The lowest BCUT2D eigenvalue weighted by Crippen LogP contribution is -2.30. The molecule has 2 aromatic heterocycles. The van der Waals surface area contributed by atoms with Gasteiger partial charge in [0.2, 0.25) is 5.88 Å². The van der Waals surface area contributed by atoms with E-state index in [-0.39, 0.29) is 35.3 Å². The van der Waals surface area contributed by atoms with Crippen LogP contribution in [0.25, 0.3) is 5.82 Å². The Hall–Kier alpha value is -2.47. The standard InChI is InChI=1S/C14H10ClF3N4O4S/c15-11-8(12(23)21-27(24)25)1-2-9(19-11)22-6-3-10(20-22)26-7-13(4-5-13)14(16,17)18/h1-3,6H,4-5,7H2. The second kappa shape index (κ2) is 6.93. The summed E-state index contributed by atoms with van der Waals surface area (Å²) in [4.78, 5) is 15.5. The molecule has 0 unspecified atom stereocenters. The Kier molecular flexibility index (Phi) is 4.95. The van der Waals surface area contributed by atoms with E-state index in [1.54, 1.807) is 0 Å². The molecule has 2 heterocycles. The zero-order valence-corrected chi connectivity index (χ0v) is 14.8. The van der Waals surface area contributed by atoms with Crippen LogP contribution < -0.4 is 4.74 Å². The highest BCUT2D eigenvalue weighted by atomic mass is 35.5. The molecule has 2 aromatic rings. The molecule has 0 aliphatic heterocycles. The summed E-state index contributed by atoms with van der Waals surface area (Å²) in [6.07, 6.45) is -2.91. The highest BCUT2D eigenvalue weighted by Gasteiger charge is 2.63. The third-order valence-electron chi connectivity index (χ3n) is 3.97. The normalized spacial score (nSPS) is 15.3. The van der Waals surface area contributed by atoms with E-state index in [2.05, 4.69) is 14.4 Å². The van der Waals surface area contributed by atoms with E-state index in [4.69, 9.17) is 16.3 Å². The van der Waals surface area contributed by atoms with Crippen molar-refractivity contribution in [1.29, 1.82) is 0 Å². The van der Waals surface area contributed by atoms with Crippen LogP contribution in [0.5, 0.6) is 5.88 Å². The van der Waals surface area contributed by atoms with E-state index >= 15 is 0 Å². The monoisotopic (exact) mass is 422 g/mol. The smallest absolute Gasteiger partial charge is 0.397 e. The van der Waals surface area contributed by atoms with Crippen molar-refractivity contribution < 1.29 is 31.1 Å². The molecule has 0 radical (unpaired) electrons. The number of hydrogen-bond acceptors (Lipinski definition) is 6. The highest BCUT2D eigenvalue weighted by Crippen LogP contribution is 2.57. The summed E-state index contributed by atoms with van der Waals surface area (Å²) in [5, 5.41) is 3.65. The number of nitrogens with zero attached hydrogens (tertiary/aromatic N) is 4. The maximum atomic E-state index is 12.9. The molecule has 0 N–H and O–H groups in total. The first-order valence-corrected chi connectivity index (χ1v) is 8.80. The molecule has 0 spiro atoms. The van der Waals surface area contributed by atoms with Crippen LogP contribution in [0.3, 0.4) is 0 Å². The van der Waals surface area contributed by atoms with Gasteiger partial charge in [-0.1, -0.05) is 16.0 Å². The first-order chi connectivity index (χ1) is 12.6. The van der Waals surface area contributed by atoms with Crippen LogP contribution in [0.4, 0.5) is 13.2 Å². The van der Waals surface area contributed by atoms with Crippen molar-refractivity contribution in [2.75, 3.05) is 6.61 Å². The fourth-order valence-electron chi connectivity index (χ4n) is 2.21. The molecule has 8 nitrogen and oxygen atoms in total. The van der Waals surface area contributed by atoms with Crippen LogP contribution in [0, 0.1) is 5.41 Å². The van der Waals surface area contributed by atoms with Gasteiger partial charge in [0.1, 0.15) is 17.2 Å². The van der Waals surface area contributed by atoms with Gasteiger partial charge in [-0.2, -0.15) is 21.6 Å². The number of halogens is 4. The van der Waals surface area contributed by atoms with Crippen molar-refractivity contribution in [3.05, 3.63) is 35.1 Å². The third kappa shape index (κ3) is 4.11. The second-order valence-electron chi connectivity index (χ2n) is 5.79. The van der Waals surface area contributed by atoms with E-state index in [9.17, 15) is 26.4 Å². The number of amides is 1. The summed E-state index contributed by atoms with van der Waals surface area (Å²) in [6.45, 7) is -0.525. The van der Waals surface area contributed by atoms with Gasteiger partial charge in [0.25, 0.3) is 5.91 Å². The molecule has 1 amide bonds. The average Bonchev–Trinajstić information content (AvgIpc) is 3.23. The molecule has 1 aliphatic carbocycles. The quantitative estimate of drug-likeness (QED) is 0.686. The van der Waals surface area contributed by atoms with Crippen LogP contribution in [0.15, 0.2) is 28.8 Å². The van der Waals surface area contributed by atoms with Gasteiger partial charge < -0.3 is 4.74 Å². The predicted octanol–water partition coefficient (Wildman–Crippen LogP) is 2.84. The number of rotatable bonds is 5. The van der Waals surface area contributed by atoms with Crippen molar-refractivity contribution in [2.45, 2.75) is 19.0 Å². The molecule has 1 aliphatic rings. The van der Waals surface area contributed by atoms with Crippen LogP contribution in [-0.2, 0) is 10.5 Å². The lowest BCUT2D eigenvalue weighted by molar-refractivity contribution is -0.194. The molecular formula is C14H10ClF3N4O4S. The molecule has 1 fully saturated rings. The van der Waals surface area contributed by atoms with E-state index in [0.29, 0.717) is 0 Å². The number of carbonyl (C=O) groups excluding carboxylic acids is 1. The molecule has 27 heavy (non-hydrogen) atoms. The second-order valence-corrected chi connectivity index (χ2v) is 6.76. The minimum absolute atomic E-state index is 0.0169. The largest absolute Gasteiger partial charge is 0.476 e. The fourth-order valence-corrected chi connectivity index (χ4v) is 2.68. The third-order valence-corrected chi connectivity index (χ3v) is 4.58. The zero-order valence-electron chi connectivity index (χ0n) is 13.3. The summed E-state index contributed by atoms with van der Waals surface area (Å²) in [5.74, 6) is -0.967. The highest BCUT2D eigenvalue weighted by molar-refractivity contribution is 7.62. The zero-order chi connectivity index (χ0) is 19.8. The van der Waals surface area contributed by atoms with Crippen molar-refractivity contribution in [3.8, 4) is 11.7 Å². The van der Waals surface area contributed by atoms with Gasteiger partial charge >= 0.3 is 16.7 Å². The number of hydrogen-bond donors (Lipinski definition) is 0. The first-order valence-electron chi connectivity index (χ1n) is 7.39. The number of alkyl halides is 3. The van der Waals surface area contributed by atoms with E-state index < -0.39 is 34.6 Å². The summed E-state index contributed by atoms with van der Waals surface area (Å²) < 4.78 is 68.7. The van der Waals surface area contributed by atoms with Gasteiger partial charge in [0.15, 0.2) is 5.82 Å². The van der Waals surface area contributed by atoms with Crippen LogP contribution >= 0.6 is 11.6 Å². The molecule has 144 valence electrons. The topological polar surface area (TPSA) is 104 Å². The lowest BCUT2D eigenvalue weighted by atomic mass is 10.1. The number of aromatic nitrogens is 3. The maximum Gasteiger partial charge on any atom is 0.397 e. The molecule has 13 heteroatoms. The Bertz CT molecular complexity index is 1020. The van der Waals surface area contributed by atoms with Crippen molar-refractivity contribution in [2.24, 2.45) is 9.78 Å². The average molecular weight is 423 g/mol. The Labute approximate surface area is 156 Å². The Balaban J connectivity index is 1.74. The van der Waals surface area contributed by atoms with Gasteiger partial charge in [0.05, 0.1) is 5.56 Å². The fraction of sp³-hybridized carbons (Fsp3) is 0.357. The molecule has 0 atom stereocenters. The van der Waals surface area contributed by atoms with Crippen LogP contribution in [0.2, 0.25) is 5.15 Å². The minimum Gasteiger partial charge on any atom is -0.476 e. The number of pyridine rings is 1. The van der Waals surface area contributed by atoms with E-state index in [1.807, 2.05) is 0 Å². The van der Waals surface area contributed by atoms with Gasteiger partial charge in [-0.15, -0.1) is 5.10 Å². The summed E-state index contributed by atoms with van der Waals surface area (Å²) in [6, 6.07) is 3.88. The van der Waals surface area contributed by atoms with Gasteiger partial charge in [-0.05, 0) is 25.0 Å². The predicted molar refractivity (Wildman–Crippen MR) is 85.3 cm³/mol. The maximum absolute atomic E-state index is 12.9. The van der Waals surface area contributed by atoms with E-state index in [0.717, 1.165) is 0 Å². The Morgan fingerprint density at radius 3 is 2.59 bits per heavy atom. The SMILES string of the molecule is O=C(N=S(=O)=O)c1ccc(-n2ccc(OCC3(C(F)(F)F)CC3)n2)nc1Cl. The summed E-state index contributed by atoms with van der Waals surface area (Å²) in [5.41, 5.74) is -2.04. The summed E-state index contributed by atoms with van der Waals surface area (Å²) in [7, 11) is -2.93. The first kappa shape index (κ1) is 19.3. The van der Waals surface area contributed by atoms with Gasteiger partial charge in [0, 0.05) is 12.3 Å². The van der Waals surface area contributed by atoms with E-state index in [1.165, 1.54) is 29.1 Å². The minimum atomic E-state index is -4.33. The molecule has 0 saturated heterocycles. The molecule has 3 rings (SSSR count). The number of carbonyl (C=O) groups is 1. The van der Waals surface area contributed by atoms with Gasteiger partial charge in [-0.3, -0.25) is 4.79 Å². The molecule has 1 saturated carbocycles. The van der Waals surface area contributed by atoms with Crippen molar-refractivity contribution >= 4 is 28.0 Å². The molecule has 0 aromatic carbocycles. The molecule has 0 bridgehead atoms. The van der Waals surface area contributed by atoms with Gasteiger partial charge in [-0.25, -0.2) is 9.67 Å². The van der Waals surface area contributed by atoms with Crippen LogP contribution in [-0.4, -0.2) is 41.9 Å². The van der Waals surface area contributed by atoms with Crippen LogP contribution in [0.1, 0.15) is 23.2 Å². The lowest BCUT2D eigenvalue weighted by Gasteiger charge is -2.18. The Morgan fingerprint density at radius 2 is 2.04 bits per heavy atom. The van der Waals surface area contributed by atoms with Crippen molar-refractivity contribution in [3.63, 3.8) is 0 Å². The number of ether oxygens (including phenoxy) is 1. The molecular weight excluding hydrogens is 413 g/mol. The summed E-state index contributed by atoms with van der Waals surface area (Å²) >= 11 is 5.85. The Morgan fingerprint density at radius 1 is 1.33 bits per heavy atom.